The first-order chi connectivity index (χ1) is 8.80. The molecule has 1 aromatic carbocycles. The van der Waals surface area contributed by atoms with Crippen LogP contribution < -0.4 is 5.73 Å². The molecule has 0 radical (unpaired) electrons. The third-order valence-electron chi connectivity index (χ3n) is 3.09. The molecule has 19 heavy (non-hydrogen) atoms. The highest BCUT2D eigenvalue weighted by Gasteiger charge is 2.35. The number of nitrogens with two attached hydrogens (primary N) is 1. The molecule has 1 atom stereocenters. The van der Waals surface area contributed by atoms with Crippen molar-refractivity contribution < 1.29 is 23.1 Å². The molecule has 1 amide bonds. The highest BCUT2D eigenvalue weighted by molar-refractivity contribution is 6.00. The van der Waals surface area contributed by atoms with Gasteiger partial charge < -0.3 is 15.7 Å². The first kappa shape index (κ1) is 13.7. The number of para-hydroxylation sites is 1. The van der Waals surface area contributed by atoms with E-state index in [-0.39, 0.29) is 12.1 Å². The standard InChI is InChI=1S/C12H13F3N2O2/c13-12(14,15)9-3-1-2-8(10(9)16)11(19)17-5-4-7(18)6-17/h1-3,7,18H,4-6,16H2. The Morgan fingerprint density at radius 2 is 2.11 bits per heavy atom. The number of aliphatic hydroxyl groups excluding tert-OH is 1. The topological polar surface area (TPSA) is 66.6 Å². The Morgan fingerprint density at radius 1 is 1.42 bits per heavy atom. The number of carbonyl (C=O) groups excluding carboxylic acids is 1. The number of alkyl halides is 3. The Morgan fingerprint density at radius 3 is 2.63 bits per heavy atom. The predicted octanol–water partition coefficient (Wildman–Crippen LogP) is 1.49. The molecule has 0 aliphatic carbocycles. The molecule has 104 valence electrons. The van der Waals surface area contributed by atoms with Crippen LogP contribution in [0.25, 0.3) is 0 Å². The fraction of sp³-hybridized carbons (Fsp3) is 0.417. The monoisotopic (exact) mass is 274 g/mol. The molecule has 1 fully saturated rings. The number of nitrogen functional groups attached to an aromatic ring is 1. The molecule has 0 spiro atoms. The summed E-state index contributed by atoms with van der Waals surface area (Å²) in [5.41, 5.74) is 3.68. The number of rotatable bonds is 1. The van der Waals surface area contributed by atoms with E-state index >= 15 is 0 Å². The lowest BCUT2D eigenvalue weighted by Crippen LogP contribution is -2.30. The van der Waals surface area contributed by atoms with Gasteiger partial charge in [0.2, 0.25) is 0 Å². The van der Waals surface area contributed by atoms with Crippen LogP contribution in [0.4, 0.5) is 18.9 Å². The Bertz CT molecular complexity index is 502. The molecule has 1 heterocycles. The minimum Gasteiger partial charge on any atom is -0.398 e. The van der Waals surface area contributed by atoms with Crippen LogP contribution in [0.3, 0.4) is 0 Å². The summed E-state index contributed by atoms with van der Waals surface area (Å²) in [6.45, 7) is 0.435. The quantitative estimate of drug-likeness (QED) is 0.763. The normalized spacial score (nSPS) is 19.8. The zero-order chi connectivity index (χ0) is 14.2. The molecule has 1 aliphatic rings. The minimum absolute atomic E-state index is 0.120. The highest BCUT2D eigenvalue weighted by atomic mass is 19.4. The number of aliphatic hydroxyl groups is 1. The number of benzene rings is 1. The van der Waals surface area contributed by atoms with E-state index in [0.29, 0.717) is 13.0 Å². The Hall–Kier alpha value is -1.76. The van der Waals surface area contributed by atoms with E-state index in [0.717, 1.165) is 12.1 Å². The molecule has 0 aromatic heterocycles. The second-order valence-electron chi connectivity index (χ2n) is 4.46. The molecule has 7 heteroatoms. The number of amides is 1. The smallest absolute Gasteiger partial charge is 0.398 e. The average Bonchev–Trinajstić information content (AvgIpc) is 2.74. The van der Waals surface area contributed by atoms with Crippen molar-refractivity contribution >= 4 is 11.6 Å². The zero-order valence-electron chi connectivity index (χ0n) is 9.94. The van der Waals surface area contributed by atoms with Gasteiger partial charge in [0.1, 0.15) is 0 Å². The van der Waals surface area contributed by atoms with E-state index in [2.05, 4.69) is 0 Å². The maximum Gasteiger partial charge on any atom is 0.418 e. The molecular weight excluding hydrogens is 261 g/mol. The summed E-state index contributed by atoms with van der Waals surface area (Å²) < 4.78 is 38.1. The van der Waals surface area contributed by atoms with Gasteiger partial charge in [0, 0.05) is 13.1 Å². The summed E-state index contributed by atoms with van der Waals surface area (Å²) in [5.74, 6) is -0.583. The molecule has 0 saturated carbocycles. The van der Waals surface area contributed by atoms with Crippen LogP contribution in [-0.2, 0) is 6.18 Å². The summed E-state index contributed by atoms with van der Waals surface area (Å²) >= 11 is 0. The Labute approximate surface area is 107 Å². The van der Waals surface area contributed by atoms with Crippen LogP contribution >= 0.6 is 0 Å². The lowest BCUT2D eigenvalue weighted by Gasteiger charge is -2.18. The Kier molecular flexibility index (Phi) is 3.40. The molecule has 1 saturated heterocycles. The number of nitrogens with zero attached hydrogens (tertiary/aromatic N) is 1. The largest absolute Gasteiger partial charge is 0.418 e. The van der Waals surface area contributed by atoms with Gasteiger partial charge >= 0.3 is 6.18 Å². The lowest BCUT2D eigenvalue weighted by atomic mass is 10.1. The van der Waals surface area contributed by atoms with Gasteiger partial charge in [-0.2, -0.15) is 13.2 Å². The second kappa shape index (κ2) is 4.73. The van der Waals surface area contributed by atoms with Crippen LogP contribution in [0, 0.1) is 0 Å². The molecule has 3 N–H and O–H groups in total. The van der Waals surface area contributed by atoms with Crippen molar-refractivity contribution in [1.82, 2.24) is 4.90 Å². The lowest BCUT2D eigenvalue weighted by molar-refractivity contribution is -0.136. The zero-order valence-corrected chi connectivity index (χ0v) is 9.94. The fourth-order valence-electron chi connectivity index (χ4n) is 2.10. The summed E-state index contributed by atoms with van der Waals surface area (Å²) in [7, 11) is 0. The van der Waals surface area contributed by atoms with E-state index in [1.54, 1.807) is 0 Å². The van der Waals surface area contributed by atoms with Crippen LogP contribution in [0.15, 0.2) is 18.2 Å². The first-order valence-corrected chi connectivity index (χ1v) is 5.73. The summed E-state index contributed by atoms with van der Waals surface area (Å²) in [5, 5.41) is 9.34. The SMILES string of the molecule is Nc1c(C(=O)N2CCC(O)C2)cccc1C(F)(F)F. The van der Waals surface area contributed by atoms with Gasteiger partial charge in [0.05, 0.1) is 22.9 Å². The van der Waals surface area contributed by atoms with Crippen molar-refractivity contribution in [3.05, 3.63) is 29.3 Å². The number of anilines is 1. The molecule has 2 rings (SSSR count). The molecule has 4 nitrogen and oxygen atoms in total. The van der Waals surface area contributed by atoms with E-state index in [1.165, 1.54) is 11.0 Å². The molecular formula is C12H13F3N2O2. The van der Waals surface area contributed by atoms with Crippen molar-refractivity contribution in [3.8, 4) is 0 Å². The third-order valence-corrected chi connectivity index (χ3v) is 3.09. The number of hydrogen-bond acceptors (Lipinski definition) is 3. The van der Waals surface area contributed by atoms with E-state index in [9.17, 15) is 23.1 Å². The number of halogens is 3. The van der Waals surface area contributed by atoms with Gasteiger partial charge in [-0.05, 0) is 18.6 Å². The van der Waals surface area contributed by atoms with Crippen LogP contribution in [0.1, 0.15) is 22.3 Å². The first-order valence-electron chi connectivity index (χ1n) is 5.73. The third kappa shape index (κ3) is 2.65. The summed E-state index contributed by atoms with van der Waals surface area (Å²) in [4.78, 5) is 13.4. The average molecular weight is 274 g/mol. The van der Waals surface area contributed by atoms with Gasteiger partial charge in [-0.25, -0.2) is 0 Å². The molecule has 1 aromatic rings. The molecule has 1 unspecified atom stereocenters. The Balaban J connectivity index is 2.33. The minimum atomic E-state index is -4.59. The van der Waals surface area contributed by atoms with Crippen LogP contribution in [0.2, 0.25) is 0 Å². The van der Waals surface area contributed by atoms with Crippen molar-refractivity contribution in [2.24, 2.45) is 0 Å². The van der Waals surface area contributed by atoms with Gasteiger partial charge in [-0.3, -0.25) is 4.79 Å². The second-order valence-corrected chi connectivity index (χ2v) is 4.46. The molecule has 1 aliphatic heterocycles. The summed E-state index contributed by atoms with van der Waals surface area (Å²) in [6, 6.07) is 3.25. The van der Waals surface area contributed by atoms with Gasteiger partial charge in [-0.15, -0.1) is 0 Å². The van der Waals surface area contributed by atoms with E-state index in [1.807, 2.05) is 0 Å². The van der Waals surface area contributed by atoms with Crippen LogP contribution in [-0.4, -0.2) is 35.1 Å². The number of β-amino-alcohol motifs (C(OH)–C–C–N with tert-alkyl or cyclic N) is 1. The van der Waals surface area contributed by atoms with Crippen molar-refractivity contribution in [2.75, 3.05) is 18.8 Å². The van der Waals surface area contributed by atoms with Crippen molar-refractivity contribution in [1.29, 1.82) is 0 Å². The summed E-state index contributed by atoms with van der Waals surface area (Å²) in [6.07, 6.45) is -4.80. The maximum absolute atomic E-state index is 12.7. The van der Waals surface area contributed by atoms with E-state index < -0.39 is 29.4 Å². The van der Waals surface area contributed by atoms with Crippen molar-refractivity contribution in [3.63, 3.8) is 0 Å². The predicted molar refractivity (Wildman–Crippen MR) is 62.4 cm³/mol. The van der Waals surface area contributed by atoms with E-state index in [4.69, 9.17) is 5.73 Å². The number of likely N-dealkylation sites (tertiary alicyclic amines) is 1. The van der Waals surface area contributed by atoms with Gasteiger partial charge in [-0.1, -0.05) is 6.07 Å². The fourth-order valence-corrected chi connectivity index (χ4v) is 2.10. The van der Waals surface area contributed by atoms with Gasteiger partial charge in [0.25, 0.3) is 5.91 Å². The molecule has 0 bridgehead atoms. The number of carbonyl (C=O) groups is 1. The van der Waals surface area contributed by atoms with Gasteiger partial charge in [0.15, 0.2) is 0 Å². The van der Waals surface area contributed by atoms with Crippen molar-refractivity contribution in [2.45, 2.75) is 18.7 Å². The number of hydrogen-bond donors (Lipinski definition) is 2. The van der Waals surface area contributed by atoms with Crippen LogP contribution in [0.5, 0.6) is 0 Å². The highest BCUT2D eigenvalue weighted by Crippen LogP contribution is 2.35. The maximum atomic E-state index is 12.7.